The van der Waals surface area contributed by atoms with E-state index in [1.165, 1.54) is 44.1 Å². The van der Waals surface area contributed by atoms with Crippen molar-refractivity contribution < 1.29 is 0 Å². The smallest absolute Gasteiger partial charge is 0.0555 e. The summed E-state index contributed by atoms with van der Waals surface area (Å²) in [4.78, 5) is 2.52. The zero-order valence-electron chi connectivity index (χ0n) is 12.6. The van der Waals surface area contributed by atoms with E-state index in [-0.39, 0.29) is 0 Å². The fraction of sp³-hybridized carbons (Fsp3) is 0.556. The van der Waals surface area contributed by atoms with Crippen LogP contribution >= 0.6 is 0 Å². The highest BCUT2D eigenvalue weighted by Crippen LogP contribution is 2.22. The molecule has 0 aromatic heterocycles. The van der Waals surface area contributed by atoms with Gasteiger partial charge in [0.15, 0.2) is 0 Å². The molecule has 0 spiro atoms. The Balaban J connectivity index is 1.91. The van der Waals surface area contributed by atoms with Crippen molar-refractivity contribution in [3.63, 3.8) is 0 Å². The molecule has 2 N–H and O–H groups in total. The van der Waals surface area contributed by atoms with E-state index in [1.807, 2.05) is 0 Å². The molecule has 0 unspecified atom stereocenters. The molecule has 0 radical (unpaired) electrons. The van der Waals surface area contributed by atoms with Gasteiger partial charge in [-0.15, -0.1) is 0 Å². The molecule has 1 saturated carbocycles. The second-order valence-electron chi connectivity index (χ2n) is 5.76. The Morgan fingerprint density at radius 3 is 2.35 bits per heavy atom. The molecule has 0 atom stereocenters. The van der Waals surface area contributed by atoms with E-state index in [0.29, 0.717) is 6.54 Å². The molecule has 1 aromatic rings. The van der Waals surface area contributed by atoms with Gasteiger partial charge in [0.05, 0.1) is 6.54 Å². The minimum absolute atomic E-state index is 0.423. The molecular formula is C18H26N2. The van der Waals surface area contributed by atoms with Crippen LogP contribution in [0.3, 0.4) is 0 Å². The standard InChI is InChI=1S/C18H26N2/c1-20(18-8-4-2-3-5-9-18)15-17-12-10-16(11-13-17)7-6-14-19/h10-13,18H,2-5,8-9,14-15,19H2,1H3. The Kier molecular flexibility index (Phi) is 6.11. The molecule has 1 aromatic carbocycles. The van der Waals surface area contributed by atoms with E-state index in [0.717, 1.165) is 18.2 Å². The minimum atomic E-state index is 0.423. The maximum atomic E-state index is 5.39. The molecular weight excluding hydrogens is 244 g/mol. The number of nitrogens with two attached hydrogens (primary N) is 1. The van der Waals surface area contributed by atoms with Crippen LogP contribution in [0.2, 0.25) is 0 Å². The molecule has 2 heteroatoms. The Bertz CT molecular complexity index is 445. The molecule has 0 heterocycles. The lowest BCUT2D eigenvalue weighted by atomic mass is 10.1. The van der Waals surface area contributed by atoms with Gasteiger partial charge >= 0.3 is 0 Å². The van der Waals surface area contributed by atoms with Crippen molar-refractivity contribution in [3.8, 4) is 11.8 Å². The molecule has 1 aliphatic rings. The molecule has 20 heavy (non-hydrogen) atoms. The Hall–Kier alpha value is -1.30. The van der Waals surface area contributed by atoms with Gasteiger partial charge < -0.3 is 5.73 Å². The predicted octanol–water partition coefficient (Wildman–Crippen LogP) is 3.15. The first-order valence-corrected chi connectivity index (χ1v) is 7.77. The van der Waals surface area contributed by atoms with E-state index in [4.69, 9.17) is 5.73 Å². The van der Waals surface area contributed by atoms with Crippen molar-refractivity contribution in [2.75, 3.05) is 13.6 Å². The van der Waals surface area contributed by atoms with Crippen LogP contribution in [-0.4, -0.2) is 24.5 Å². The van der Waals surface area contributed by atoms with Crippen LogP contribution in [0.4, 0.5) is 0 Å². The Morgan fingerprint density at radius 2 is 1.75 bits per heavy atom. The summed E-state index contributed by atoms with van der Waals surface area (Å²) >= 11 is 0. The van der Waals surface area contributed by atoms with Crippen LogP contribution in [0.15, 0.2) is 24.3 Å². The quantitative estimate of drug-likeness (QED) is 0.675. The highest BCUT2D eigenvalue weighted by molar-refractivity contribution is 5.36. The lowest BCUT2D eigenvalue weighted by Crippen LogP contribution is -2.30. The largest absolute Gasteiger partial charge is 0.320 e. The molecule has 1 aliphatic carbocycles. The van der Waals surface area contributed by atoms with Crippen molar-refractivity contribution in [2.45, 2.75) is 51.1 Å². The summed E-state index contributed by atoms with van der Waals surface area (Å²) in [7, 11) is 2.26. The number of rotatable bonds is 3. The van der Waals surface area contributed by atoms with E-state index in [1.54, 1.807) is 0 Å². The van der Waals surface area contributed by atoms with Crippen LogP contribution < -0.4 is 5.73 Å². The number of nitrogens with zero attached hydrogens (tertiary/aromatic N) is 1. The molecule has 0 saturated heterocycles. The highest BCUT2D eigenvalue weighted by atomic mass is 15.1. The van der Waals surface area contributed by atoms with Gasteiger partial charge in [-0.3, -0.25) is 4.90 Å². The Morgan fingerprint density at radius 1 is 1.10 bits per heavy atom. The van der Waals surface area contributed by atoms with Crippen molar-refractivity contribution in [2.24, 2.45) is 5.73 Å². The van der Waals surface area contributed by atoms with Crippen LogP contribution in [0.5, 0.6) is 0 Å². The van der Waals surface area contributed by atoms with Gasteiger partial charge in [-0.05, 0) is 37.6 Å². The second kappa shape index (κ2) is 8.09. The van der Waals surface area contributed by atoms with E-state index in [2.05, 4.69) is 48.1 Å². The number of hydrogen-bond donors (Lipinski definition) is 1. The van der Waals surface area contributed by atoms with Gasteiger partial charge in [0, 0.05) is 18.2 Å². The summed E-state index contributed by atoms with van der Waals surface area (Å²) in [6, 6.07) is 9.33. The summed E-state index contributed by atoms with van der Waals surface area (Å²) in [6.45, 7) is 1.46. The second-order valence-corrected chi connectivity index (χ2v) is 5.76. The van der Waals surface area contributed by atoms with Crippen molar-refractivity contribution >= 4 is 0 Å². The molecule has 0 bridgehead atoms. The third-order valence-electron chi connectivity index (χ3n) is 4.17. The summed E-state index contributed by atoms with van der Waals surface area (Å²) in [5.41, 5.74) is 7.81. The molecule has 0 amide bonds. The molecule has 1 fully saturated rings. The average Bonchev–Trinajstić information content (AvgIpc) is 2.75. The van der Waals surface area contributed by atoms with Crippen LogP contribution in [0.25, 0.3) is 0 Å². The van der Waals surface area contributed by atoms with E-state index in [9.17, 15) is 0 Å². The topological polar surface area (TPSA) is 29.3 Å². The zero-order valence-corrected chi connectivity index (χ0v) is 12.6. The van der Waals surface area contributed by atoms with Gasteiger partial charge in [0.2, 0.25) is 0 Å². The van der Waals surface area contributed by atoms with Gasteiger partial charge in [-0.1, -0.05) is 49.7 Å². The molecule has 0 aliphatic heterocycles. The fourth-order valence-electron chi connectivity index (χ4n) is 2.96. The van der Waals surface area contributed by atoms with Crippen molar-refractivity contribution in [1.82, 2.24) is 4.90 Å². The lowest BCUT2D eigenvalue weighted by molar-refractivity contribution is 0.213. The summed E-state index contributed by atoms with van der Waals surface area (Å²) in [5.74, 6) is 5.96. The average molecular weight is 270 g/mol. The van der Waals surface area contributed by atoms with Crippen LogP contribution in [0.1, 0.15) is 49.7 Å². The molecule has 2 nitrogen and oxygen atoms in total. The minimum Gasteiger partial charge on any atom is -0.320 e. The molecule has 2 rings (SSSR count). The zero-order chi connectivity index (χ0) is 14.2. The first-order chi connectivity index (χ1) is 9.79. The third kappa shape index (κ3) is 4.67. The third-order valence-corrected chi connectivity index (χ3v) is 4.17. The van der Waals surface area contributed by atoms with Gasteiger partial charge in [-0.25, -0.2) is 0 Å². The summed E-state index contributed by atoms with van der Waals surface area (Å²) < 4.78 is 0. The molecule has 108 valence electrons. The summed E-state index contributed by atoms with van der Waals surface area (Å²) in [5, 5.41) is 0. The van der Waals surface area contributed by atoms with E-state index >= 15 is 0 Å². The first kappa shape index (κ1) is 15.1. The first-order valence-electron chi connectivity index (χ1n) is 7.77. The van der Waals surface area contributed by atoms with Crippen LogP contribution in [-0.2, 0) is 6.54 Å². The lowest BCUT2D eigenvalue weighted by Gasteiger charge is -2.27. The Labute approximate surface area is 123 Å². The van der Waals surface area contributed by atoms with Crippen molar-refractivity contribution in [1.29, 1.82) is 0 Å². The fourth-order valence-corrected chi connectivity index (χ4v) is 2.96. The monoisotopic (exact) mass is 270 g/mol. The maximum absolute atomic E-state index is 5.39. The van der Waals surface area contributed by atoms with Crippen LogP contribution in [0, 0.1) is 11.8 Å². The highest BCUT2D eigenvalue weighted by Gasteiger charge is 2.16. The number of hydrogen-bond acceptors (Lipinski definition) is 2. The maximum Gasteiger partial charge on any atom is 0.0555 e. The number of benzene rings is 1. The van der Waals surface area contributed by atoms with Gasteiger partial charge in [0.25, 0.3) is 0 Å². The van der Waals surface area contributed by atoms with E-state index < -0.39 is 0 Å². The van der Waals surface area contributed by atoms with Crippen molar-refractivity contribution in [3.05, 3.63) is 35.4 Å². The predicted molar refractivity (Wildman–Crippen MR) is 85.3 cm³/mol. The summed E-state index contributed by atoms with van der Waals surface area (Å²) in [6.07, 6.45) is 8.33. The van der Waals surface area contributed by atoms with Gasteiger partial charge in [0.1, 0.15) is 0 Å². The SMILES string of the molecule is CN(Cc1ccc(C#CCN)cc1)C1CCCCCC1. The van der Waals surface area contributed by atoms with Gasteiger partial charge in [-0.2, -0.15) is 0 Å². The normalized spacial score (nSPS) is 16.6.